The Bertz CT molecular complexity index is 556. The number of benzene rings is 1. The van der Waals surface area contributed by atoms with Crippen molar-refractivity contribution in [2.75, 3.05) is 0 Å². The molecule has 92 valence electrons. The van der Waals surface area contributed by atoms with Gasteiger partial charge in [0.25, 0.3) is 0 Å². The van der Waals surface area contributed by atoms with Gasteiger partial charge in [-0.1, -0.05) is 26.8 Å². The first-order chi connectivity index (χ1) is 7.86. The maximum Gasteiger partial charge on any atom is 0.0483 e. The highest BCUT2D eigenvalue weighted by atomic mass is 14.9. The summed E-state index contributed by atoms with van der Waals surface area (Å²) in [6.45, 7) is 9.47. The Morgan fingerprint density at radius 2 is 1.88 bits per heavy atom. The molecular formula is C15H22N2. The average Bonchev–Trinajstić information content (AvgIpc) is 2.50. The number of fused-ring (bicyclic) bond motifs is 1. The molecule has 2 N–H and O–H groups in total. The van der Waals surface area contributed by atoms with Crippen LogP contribution in [0.3, 0.4) is 0 Å². The Balaban J connectivity index is 2.77. The summed E-state index contributed by atoms with van der Waals surface area (Å²) in [6.07, 6.45) is 0. The molecule has 0 bridgehead atoms. The summed E-state index contributed by atoms with van der Waals surface area (Å²) >= 11 is 0. The summed E-state index contributed by atoms with van der Waals surface area (Å²) in [5.74, 6) is 0. The van der Waals surface area contributed by atoms with Gasteiger partial charge in [-0.2, -0.15) is 0 Å². The fourth-order valence-corrected chi connectivity index (χ4v) is 2.37. The van der Waals surface area contributed by atoms with Gasteiger partial charge in [-0.3, -0.25) is 0 Å². The van der Waals surface area contributed by atoms with E-state index in [-0.39, 0.29) is 5.41 Å². The quantitative estimate of drug-likeness (QED) is 0.801. The van der Waals surface area contributed by atoms with Crippen LogP contribution in [0.25, 0.3) is 10.9 Å². The first-order valence-corrected chi connectivity index (χ1v) is 6.14. The van der Waals surface area contributed by atoms with E-state index >= 15 is 0 Å². The number of nitrogens with two attached hydrogens (primary N) is 1. The van der Waals surface area contributed by atoms with Crippen LogP contribution in [0.2, 0.25) is 0 Å². The molecular weight excluding hydrogens is 208 g/mol. The third-order valence-electron chi connectivity index (χ3n) is 3.69. The molecule has 1 heterocycles. The monoisotopic (exact) mass is 230 g/mol. The van der Waals surface area contributed by atoms with Crippen LogP contribution in [0.15, 0.2) is 18.2 Å². The van der Waals surface area contributed by atoms with E-state index in [1.165, 1.54) is 27.7 Å². The Kier molecular flexibility index (Phi) is 2.78. The van der Waals surface area contributed by atoms with E-state index in [1.54, 1.807) is 0 Å². The molecule has 1 aromatic heterocycles. The number of hydrogen-bond acceptors (Lipinski definition) is 1. The topological polar surface area (TPSA) is 30.9 Å². The molecule has 0 radical (unpaired) electrons. The summed E-state index contributed by atoms with van der Waals surface area (Å²) in [4.78, 5) is 0. The van der Waals surface area contributed by atoms with Gasteiger partial charge in [0, 0.05) is 30.2 Å². The lowest BCUT2D eigenvalue weighted by Crippen LogP contribution is -2.10. The molecule has 17 heavy (non-hydrogen) atoms. The summed E-state index contributed by atoms with van der Waals surface area (Å²) in [6, 6.07) is 6.73. The molecule has 0 aliphatic rings. The Morgan fingerprint density at radius 3 is 2.41 bits per heavy atom. The Labute approximate surface area is 103 Å². The molecule has 0 fully saturated rings. The van der Waals surface area contributed by atoms with Gasteiger partial charge in [-0.25, -0.2) is 0 Å². The van der Waals surface area contributed by atoms with E-state index in [0.717, 1.165) is 0 Å². The normalized spacial score (nSPS) is 12.4. The van der Waals surface area contributed by atoms with Crippen LogP contribution >= 0.6 is 0 Å². The van der Waals surface area contributed by atoms with Crippen LogP contribution in [0.1, 0.15) is 37.6 Å². The van der Waals surface area contributed by atoms with Crippen molar-refractivity contribution in [3.8, 4) is 0 Å². The minimum absolute atomic E-state index is 0.184. The SMILES string of the molecule is Cc1c(CN)c2cc(C(C)(C)C)ccc2n1C. The number of rotatable bonds is 1. The molecule has 0 saturated carbocycles. The zero-order valence-corrected chi connectivity index (χ0v) is 11.5. The minimum atomic E-state index is 0.184. The standard InChI is InChI=1S/C15H22N2/c1-10-13(9-16)12-8-11(15(2,3)4)6-7-14(12)17(10)5/h6-8H,9,16H2,1-5H3. The number of nitrogens with zero attached hydrogens (tertiary/aromatic N) is 1. The van der Waals surface area contributed by atoms with Crippen molar-refractivity contribution in [2.45, 2.75) is 39.7 Å². The largest absolute Gasteiger partial charge is 0.348 e. The van der Waals surface area contributed by atoms with Crippen molar-refractivity contribution in [1.82, 2.24) is 4.57 Å². The zero-order valence-electron chi connectivity index (χ0n) is 11.5. The molecule has 0 saturated heterocycles. The molecule has 0 unspecified atom stereocenters. The van der Waals surface area contributed by atoms with Gasteiger partial charge in [-0.05, 0) is 35.6 Å². The highest BCUT2D eigenvalue weighted by Crippen LogP contribution is 2.30. The van der Waals surface area contributed by atoms with E-state index in [1.807, 2.05) is 0 Å². The van der Waals surface area contributed by atoms with Gasteiger partial charge in [0.1, 0.15) is 0 Å². The highest BCUT2D eigenvalue weighted by Gasteiger charge is 2.17. The maximum atomic E-state index is 5.88. The summed E-state index contributed by atoms with van der Waals surface area (Å²) < 4.78 is 2.23. The maximum absolute atomic E-state index is 5.88. The third-order valence-corrected chi connectivity index (χ3v) is 3.69. The molecule has 1 aromatic carbocycles. The van der Waals surface area contributed by atoms with E-state index in [0.29, 0.717) is 6.54 Å². The fourth-order valence-electron chi connectivity index (χ4n) is 2.37. The molecule has 2 nitrogen and oxygen atoms in total. The van der Waals surface area contributed by atoms with Crippen LogP contribution in [0, 0.1) is 6.92 Å². The Morgan fingerprint density at radius 1 is 1.24 bits per heavy atom. The van der Waals surface area contributed by atoms with E-state index in [9.17, 15) is 0 Å². The highest BCUT2D eigenvalue weighted by molar-refractivity contribution is 5.86. The van der Waals surface area contributed by atoms with Gasteiger partial charge in [0.15, 0.2) is 0 Å². The second kappa shape index (κ2) is 3.88. The van der Waals surface area contributed by atoms with Gasteiger partial charge in [-0.15, -0.1) is 0 Å². The smallest absolute Gasteiger partial charge is 0.0483 e. The van der Waals surface area contributed by atoms with E-state index in [4.69, 9.17) is 5.73 Å². The summed E-state index contributed by atoms with van der Waals surface area (Å²) in [5.41, 5.74) is 11.2. The minimum Gasteiger partial charge on any atom is -0.348 e. The van der Waals surface area contributed by atoms with Crippen molar-refractivity contribution in [1.29, 1.82) is 0 Å². The average molecular weight is 230 g/mol. The molecule has 0 atom stereocenters. The predicted octanol–water partition coefficient (Wildman–Crippen LogP) is 3.24. The van der Waals surface area contributed by atoms with Gasteiger partial charge >= 0.3 is 0 Å². The van der Waals surface area contributed by atoms with Crippen LogP contribution in [-0.2, 0) is 19.0 Å². The molecule has 0 aliphatic carbocycles. The van der Waals surface area contributed by atoms with Gasteiger partial charge in [0.2, 0.25) is 0 Å². The molecule has 2 heteroatoms. The summed E-state index contributed by atoms with van der Waals surface area (Å²) in [7, 11) is 2.10. The van der Waals surface area contributed by atoms with Gasteiger partial charge < -0.3 is 10.3 Å². The molecule has 2 aromatic rings. The van der Waals surface area contributed by atoms with Gasteiger partial charge in [0.05, 0.1) is 0 Å². The lowest BCUT2D eigenvalue weighted by Gasteiger charge is -2.19. The van der Waals surface area contributed by atoms with Crippen molar-refractivity contribution in [3.05, 3.63) is 35.0 Å². The van der Waals surface area contributed by atoms with Crippen molar-refractivity contribution >= 4 is 10.9 Å². The number of aryl methyl sites for hydroxylation is 1. The lowest BCUT2D eigenvalue weighted by atomic mass is 9.86. The molecule has 0 spiro atoms. The summed E-state index contributed by atoms with van der Waals surface area (Å²) in [5, 5.41) is 1.31. The van der Waals surface area contributed by atoms with Crippen molar-refractivity contribution in [3.63, 3.8) is 0 Å². The molecule has 2 rings (SSSR count). The van der Waals surface area contributed by atoms with E-state index in [2.05, 4.69) is 57.5 Å². The van der Waals surface area contributed by atoms with Crippen LogP contribution in [-0.4, -0.2) is 4.57 Å². The number of aromatic nitrogens is 1. The third kappa shape index (κ3) is 1.87. The number of hydrogen-bond donors (Lipinski definition) is 1. The zero-order chi connectivity index (χ0) is 12.8. The first-order valence-electron chi connectivity index (χ1n) is 6.14. The van der Waals surface area contributed by atoms with Crippen LogP contribution < -0.4 is 5.73 Å². The van der Waals surface area contributed by atoms with Crippen LogP contribution in [0.5, 0.6) is 0 Å². The van der Waals surface area contributed by atoms with Crippen molar-refractivity contribution in [2.24, 2.45) is 12.8 Å². The second-order valence-corrected chi connectivity index (χ2v) is 5.81. The molecule has 0 aliphatic heterocycles. The Hall–Kier alpha value is -1.28. The molecule has 0 amide bonds. The first kappa shape index (κ1) is 12.2. The van der Waals surface area contributed by atoms with Crippen molar-refractivity contribution < 1.29 is 0 Å². The lowest BCUT2D eigenvalue weighted by molar-refractivity contribution is 0.591. The van der Waals surface area contributed by atoms with Crippen LogP contribution in [0.4, 0.5) is 0 Å². The van der Waals surface area contributed by atoms with E-state index < -0.39 is 0 Å². The predicted molar refractivity (Wildman–Crippen MR) is 74.2 cm³/mol. The fraction of sp³-hybridized carbons (Fsp3) is 0.467. The second-order valence-electron chi connectivity index (χ2n) is 5.81.